The highest BCUT2D eigenvalue weighted by Crippen LogP contribution is 2.39. The van der Waals surface area contributed by atoms with Crippen molar-refractivity contribution in [2.75, 3.05) is 37.8 Å². The number of nitrogens with zero attached hydrogens (tertiary/aromatic N) is 6. The van der Waals surface area contributed by atoms with Gasteiger partial charge in [0.2, 0.25) is 5.13 Å². The summed E-state index contributed by atoms with van der Waals surface area (Å²) in [5, 5.41) is 19.0. The van der Waals surface area contributed by atoms with Crippen molar-refractivity contribution in [2.45, 2.75) is 84.0 Å². The molecule has 4 rings (SSSR count). The Morgan fingerprint density at radius 1 is 0.685 bits per heavy atom. The molecule has 54 heavy (non-hydrogen) atoms. The topological polar surface area (TPSA) is 127 Å². The molecule has 0 radical (unpaired) electrons. The lowest BCUT2D eigenvalue weighted by Gasteiger charge is -2.23. The van der Waals surface area contributed by atoms with Gasteiger partial charge in [-0.1, -0.05) is 80.8 Å². The highest BCUT2D eigenvalue weighted by atomic mass is 32.1. The molecule has 0 spiro atoms. The molecule has 0 aliphatic carbocycles. The molecule has 0 aliphatic heterocycles. The molecule has 0 N–H and O–H groups in total. The number of benzene rings is 2. The first-order valence-electron chi connectivity index (χ1n) is 18.9. The Morgan fingerprint density at radius 2 is 1.22 bits per heavy atom. The standard InChI is InChI=1S/C41H52N6O5S2/c1-4-38(48)51-29-17-13-10-8-7-9-12-16-28-50-35-25-21-33(22-26-35)43-45-37-31-36-40(54-37)42-41(53-36)46-44-32-19-23-34(24-20-32)47(6-3)27-15-11-14-18-30-52-39(49)5-2/h4-5,19-26,31H,1-2,6-18,27-30H2,3H3. The van der Waals surface area contributed by atoms with Crippen molar-refractivity contribution < 1.29 is 23.8 Å². The van der Waals surface area contributed by atoms with Crippen molar-refractivity contribution in [3.8, 4) is 5.75 Å². The third-order valence-corrected chi connectivity index (χ3v) is 10.4. The number of azo groups is 2. The molecule has 0 saturated carbocycles. The fourth-order valence-electron chi connectivity index (χ4n) is 5.50. The summed E-state index contributed by atoms with van der Waals surface area (Å²) in [6.07, 6.45) is 15.4. The summed E-state index contributed by atoms with van der Waals surface area (Å²) in [5.74, 6) is 0.129. The van der Waals surface area contributed by atoms with Gasteiger partial charge in [0, 0.05) is 30.9 Å². The number of hydrogen-bond acceptors (Lipinski definition) is 13. The van der Waals surface area contributed by atoms with Crippen LogP contribution in [-0.4, -0.2) is 49.8 Å². The molecule has 0 fully saturated rings. The number of thiophene rings is 1. The quantitative estimate of drug-likeness (QED) is 0.0255. The van der Waals surface area contributed by atoms with Crippen molar-refractivity contribution in [1.29, 1.82) is 0 Å². The van der Waals surface area contributed by atoms with Crippen LogP contribution in [0.2, 0.25) is 0 Å². The van der Waals surface area contributed by atoms with E-state index in [4.69, 9.17) is 14.2 Å². The summed E-state index contributed by atoms with van der Waals surface area (Å²) in [5.41, 5.74) is 2.69. The zero-order chi connectivity index (χ0) is 38.2. The first kappa shape index (κ1) is 42.0. The number of carbonyl (C=O) groups excluding carboxylic acids is 2. The maximum atomic E-state index is 11.1. The van der Waals surface area contributed by atoms with Gasteiger partial charge in [-0.3, -0.25) is 0 Å². The van der Waals surface area contributed by atoms with Gasteiger partial charge in [0.25, 0.3) is 0 Å². The second kappa shape index (κ2) is 24.5. The number of anilines is 1. The second-order valence-electron chi connectivity index (χ2n) is 12.6. The molecule has 0 saturated heterocycles. The SMILES string of the molecule is C=CC(=O)OCCCCCCCCCCOc1ccc(N=Nc2cc3sc(N=Nc4ccc(N(CC)CCCCCCOC(=O)C=C)cc4)nc3s2)cc1. The summed E-state index contributed by atoms with van der Waals surface area (Å²) in [4.78, 5) is 30.0. The number of rotatable bonds is 27. The van der Waals surface area contributed by atoms with E-state index < -0.39 is 0 Å². The number of unbranched alkanes of at least 4 members (excludes halogenated alkanes) is 10. The Balaban J connectivity index is 1.11. The Hall–Kier alpha value is -4.75. The molecule has 2 heterocycles. The maximum absolute atomic E-state index is 11.1. The highest BCUT2D eigenvalue weighted by Gasteiger charge is 2.09. The van der Waals surface area contributed by atoms with Crippen molar-refractivity contribution in [3.05, 3.63) is 79.9 Å². The summed E-state index contributed by atoms with van der Waals surface area (Å²) < 4.78 is 16.9. The van der Waals surface area contributed by atoms with Crippen LogP contribution in [0.25, 0.3) is 9.53 Å². The summed E-state index contributed by atoms with van der Waals surface area (Å²) in [6, 6.07) is 17.8. The van der Waals surface area contributed by atoms with Crippen LogP contribution in [0.4, 0.5) is 27.2 Å². The van der Waals surface area contributed by atoms with Crippen LogP contribution < -0.4 is 9.64 Å². The number of carbonyl (C=O) groups is 2. The van der Waals surface area contributed by atoms with E-state index in [2.05, 4.69) is 62.6 Å². The largest absolute Gasteiger partial charge is 0.494 e. The van der Waals surface area contributed by atoms with Crippen LogP contribution in [0.3, 0.4) is 0 Å². The van der Waals surface area contributed by atoms with Gasteiger partial charge in [-0.05, 0) is 93.6 Å². The van der Waals surface area contributed by atoms with Crippen LogP contribution in [-0.2, 0) is 19.1 Å². The first-order valence-corrected chi connectivity index (χ1v) is 20.5. The van der Waals surface area contributed by atoms with E-state index in [0.29, 0.717) is 25.0 Å². The van der Waals surface area contributed by atoms with Gasteiger partial charge in [-0.25, -0.2) is 14.6 Å². The smallest absolute Gasteiger partial charge is 0.330 e. The Bertz CT molecular complexity index is 1750. The Kier molecular flexibility index (Phi) is 19.1. The molecule has 2 aromatic carbocycles. The third kappa shape index (κ3) is 15.7. The zero-order valence-corrected chi connectivity index (χ0v) is 33.0. The minimum atomic E-state index is -0.359. The number of esters is 2. The minimum absolute atomic E-state index is 0.343. The average Bonchev–Trinajstić information content (AvgIpc) is 3.77. The van der Waals surface area contributed by atoms with Gasteiger partial charge in [-0.15, -0.1) is 20.5 Å². The van der Waals surface area contributed by atoms with Crippen LogP contribution in [0.1, 0.15) is 84.0 Å². The summed E-state index contributed by atoms with van der Waals surface area (Å²) in [6.45, 7) is 12.5. The molecule has 4 aromatic rings. The van der Waals surface area contributed by atoms with E-state index in [9.17, 15) is 9.59 Å². The molecular formula is C41H52N6O5S2. The van der Waals surface area contributed by atoms with E-state index in [-0.39, 0.29) is 11.9 Å². The van der Waals surface area contributed by atoms with Gasteiger partial charge in [-0.2, -0.15) is 0 Å². The molecule has 0 unspecified atom stereocenters. The molecule has 0 amide bonds. The Morgan fingerprint density at radius 3 is 1.80 bits per heavy atom. The lowest BCUT2D eigenvalue weighted by Crippen LogP contribution is -2.23. The number of ether oxygens (including phenoxy) is 3. The predicted octanol–water partition coefficient (Wildman–Crippen LogP) is 12.5. The van der Waals surface area contributed by atoms with Crippen molar-refractivity contribution >= 4 is 71.3 Å². The molecular weight excluding hydrogens is 721 g/mol. The first-order chi connectivity index (χ1) is 26.5. The van der Waals surface area contributed by atoms with Gasteiger partial charge < -0.3 is 19.1 Å². The van der Waals surface area contributed by atoms with Crippen molar-refractivity contribution in [1.82, 2.24) is 4.98 Å². The summed E-state index contributed by atoms with van der Waals surface area (Å²) >= 11 is 2.95. The lowest BCUT2D eigenvalue weighted by molar-refractivity contribution is -0.138. The summed E-state index contributed by atoms with van der Waals surface area (Å²) in [7, 11) is 0. The molecule has 13 heteroatoms. The van der Waals surface area contributed by atoms with Crippen molar-refractivity contribution in [2.24, 2.45) is 20.5 Å². The number of thiazole rings is 1. The van der Waals surface area contributed by atoms with Gasteiger partial charge >= 0.3 is 11.9 Å². The van der Waals surface area contributed by atoms with E-state index >= 15 is 0 Å². The third-order valence-electron chi connectivity index (χ3n) is 8.47. The molecule has 2 aromatic heterocycles. The normalized spacial score (nSPS) is 11.4. The number of fused-ring (bicyclic) bond motifs is 1. The lowest BCUT2D eigenvalue weighted by atomic mass is 10.1. The highest BCUT2D eigenvalue weighted by molar-refractivity contribution is 7.30. The second-order valence-corrected chi connectivity index (χ2v) is 14.6. The monoisotopic (exact) mass is 772 g/mol. The van der Waals surface area contributed by atoms with E-state index in [1.807, 2.05) is 42.5 Å². The van der Waals surface area contributed by atoms with E-state index in [1.165, 1.54) is 60.5 Å². The molecule has 288 valence electrons. The fraction of sp³-hybridized carbons (Fsp3) is 0.439. The number of hydrogen-bond donors (Lipinski definition) is 0. The van der Waals surface area contributed by atoms with Gasteiger partial charge in [0.05, 0.1) is 35.9 Å². The maximum Gasteiger partial charge on any atom is 0.330 e. The average molecular weight is 773 g/mol. The van der Waals surface area contributed by atoms with Crippen LogP contribution in [0, 0.1) is 0 Å². The predicted molar refractivity (Wildman–Crippen MR) is 220 cm³/mol. The fourth-order valence-corrected chi connectivity index (χ4v) is 7.35. The number of aromatic nitrogens is 1. The van der Waals surface area contributed by atoms with E-state index in [0.717, 1.165) is 102 Å². The molecule has 0 aliphatic rings. The van der Waals surface area contributed by atoms with E-state index in [1.54, 1.807) is 0 Å². The Labute approximate surface area is 326 Å². The minimum Gasteiger partial charge on any atom is -0.494 e. The van der Waals surface area contributed by atoms with Crippen LogP contribution >= 0.6 is 22.7 Å². The van der Waals surface area contributed by atoms with Crippen molar-refractivity contribution in [3.63, 3.8) is 0 Å². The molecule has 0 atom stereocenters. The molecule has 0 bridgehead atoms. The van der Waals surface area contributed by atoms with Crippen LogP contribution in [0.15, 0.2) is 100 Å². The van der Waals surface area contributed by atoms with Crippen LogP contribution in [0.5, 0.6) is 5.75 Å². The zero-order valence-electron chi connectivity index (χ0n) is 31.3. The molecule has 11 nitrogen and oxygen atoms in total. The van der Waals surface area contributed by atoms with Gasteiger partial charge in [0.15, 0.2) is 0 Å². The van der Waals surface area contributed by atoms with Gasteiger partial charge in [0.1, 0.15) is 15.6 Å².